The summed E-state index contributed by atoms with van der Waals surface area (Å²) in [4.78, 5) is 35.4. The average molecular weight is 349 g/mol. The van der Waals surface area contributed by atoms with Gasteiger partial charge in [-0.15, -0.1) is 6.58 Å². The number of primary amides is 1. The summed E-state index contributed by atoms with van der Waals surface area (Å²) in [6.45, 7) is 4.88. The number of hydrogen-bond donors (Lipinski definition) is 3. The molecular formula is C18H24FN3O3. The fourth-order valence-corrected chi connectivity index (χ4v) is 2.38. The number of amides is 3. The third-order valence-corrected chi connectivity index (χ3v) is 3.58. The molecule has 0 aromatic heterocycles. The minimum absolute atomic E-state index is 0.0985. The SMILES string of the molecule is C=CCCC[C@H](NC(=O)[C@@H](Cc1cccc(F)c1)NC(C)=O)C(N)=O. The van der Waals surface area contributed by atoms with Gasteiger partial charge in [-0.2, -0.15) is 0 Å². The monoisotopic (exact) mass is 349 g/mol. The van der Waals surface area contributed by atoms with Gasteiger partial charge in [0.1, 0.15) is 17.9 Å². The maximum atomic E-state index is 13.3. The number of benzene rings is 1. The van der Waals surface area contributed by atoms with E-state index in [1.807, 2.05) is 0 Å². The zero-order valence-electron chi connectivity index (χ0n) is 14.3. The Balaban J connectivity index is 2.81. The lowest BCUT2D eigenvalue weighted by atomic mass is 10.0. The fourth-order valence-electron chi connectivity index (χ4n) is 2.38. The second-order valence-corrected chi connectivity index (χ2v) is 5.77. The van der Waals surface area contributed by atoms with E-state index in [0.717, 1.165) is 0 Å². The molecule has 1 rings (SSSR count). The first-order valence-corrected chi connectivity index (χ1v) is 8.05. The third kappa shape index (κ3) is 7.60. The number of carbonyl (C=O) groups excluding carboxylic acids is 3. The Kier molecular flexibility index (Phi) is 8.32. The van der Waals surface area contributed by atoms with Crippen molar-refractivity contribution in [2.45, 2.75) is 44.7 Å². The van der Waals surface area contributed by atoms with E-state index in [0.29, 0.717) is 24.8 Å². The highest BCUT2D eigenvalue weighted by Gasteiger charge is 2.25. The topological polar surface area (TPSA) is 101 Å². The van der Waals surface area contributed by atoms with Crippen molar-refractivity contribution in [3.63, 3.8) is 0 Å². The molecule has 0 fully saturated rings. The number of hydrogen-bond acceptors (Lipinski definition) is 3. The summed E-state index contributed by atoms with van der Waals surface area (Å²) in [5.41, 5.74) is 5.88. The van der Waals surface area contributed by atoms with Crippen LogP contribution in [0.25, 0.3) is 0 Å². The second-order valence-electron chi connectivity index (χ2n) is 5.77. The molecule has 7 heteroatoms. The van der Waals surface area contributed by atoms with Gasteiger partial charge in [0, 0.05) is 13.3 Å². The molecule has 2 atom stereocenters. The lowest BCUT2D eigenvalue weighted by molar-refractivity contribution is -0.130. The fraction of sp³-hybridized carbons (Fsp3) is 0.389. The number of halogens is 1. The van der Waals surface area contributed by atoms with Crippen molar-refractivity contribution < 1.29 is 18.8 Å². The Morgan fingerprint density at radius 3 is 2.56 bits per heavy atom. The molecule has 0 aliphatic heterocycles. The Bertz CT molecular complexity index is 634. The molecule has 0 bridgehead atoms. The van der Waals surface area contributed by atoms with E-state index < -0.39 is 35.6 Å². The van der Waals surface area contributed by atoms with E-state index in [2.05, 4.69) is 17.2 Å². The molecule has 0 aliphatic carbocycles. The quantitative estimate of drug-likeness (QED) is 0.437. The van der Waals surface area contributed by atoms with E-state index >= 15 is 0 Å². The molecule has 0 spiro atoms. The molecule has 0 aliphatic rings. The minimum Gasteiger partial charge on any atom is -0.368 e. The van der Waals surface area contributed by atoms with Gasteiger partial charge < -0.3 is 16.4 Å². The maximum Gasteiger partial charge on any atom is 0.243 e. The summed E-state index contributed by atoms with van der Waals surface area (Å²) in [6, 6.07) is 3.99. The van der Waals surface area contributed by atoms with Gasteiger partial charge in [-0.05, 0) is 37.0 Å². The number of nitrogens with one attached hydrogen (secondary N) is 2. The van der Waals surface area contributed by atoms with Crippen molar-refractivity contribution in [3.05, 3.63) is 48.3 Å². The Hall–Kier alpha value is -2.70. The molecule has 136 valence electrons. The predicted octanol–water partition coefficient (Wildman–Crippen LogP) is 1.20. The highest BCUT2D eigenvalue weighted by atomic mass is 19.1. The Labute approximate surface area is 146 Å². The lowest BCUT2D eigenvalue weighted by Crippen LogP contribution is -2.53. The van der Waals surface area contributed by atoms with Crippen molar-refractivity contribution in [2.75, 3.05) is 0 Å². The summed E-state index contributed by atoms with van der Waals surface area (Å²) < 4.78 is 13.3. The molecule has 4 N–H and O–H groups in total. The van der Waals surface area contributed by atoms with Crippen molar-refractivity contribution in [1.82, 2.24) is 10.6 Å². The molecule has 25 heavy (non-hydrogen) atoms. The Morgan fingerprint density at radius 1 is 1.28 bits per heavy atom. The van der Waals surface area contributed by atoms with Crippen LogP contribution >= 0.6 is 0 Å². The molecule has 0 unspecified atom stereocenters. The molecule has 3 amide bonds. The molecule has 0 heterocycles. The lowest BCUT2D eigenvalue weighted by Gasteiger charge is -2.21. The molecular weight excluding hydrogens is 325 g/mol. The maximum absolute atomic E-state index is 13.3. The van der Waals surface area contributed by atoms with Crippen LogP contribution in [-0.4, -0.2) is 29.8 Å². The standard InChI is InChI=1S/C18H24FN3O3/c1-3-4-5-9-15(17(20)24)22-18(25)16(21-12(2)23)11-13-7-6-8-14(19)10-13/h3,6-8,10,15-16H,1,4-5,9,11H2,2H3,(H2,20,24)(H,21,23)(H,22,25)/t15-,16+/m0/s1. The number of nitrogens with two attached hydrogens (primary N) is 1. The van der Waals surface area contributed by atoms with Crippen LogP contribution in [0.4, 0.5) is 4.39 Å². The molecule has 6 nitrogen and oxygen atoms in total. The first kappa shape index (κ1) is 20.3. The number of carbonyl (C=O) groups is 3. The van der Waals surface area contributed by atoms with Crippen LogP contribution < -0.4 is 16.4 Å². The average Bonchev–Trinajstić information content (AvgIpc) is 2.52. The summed E-state index contributed by atoms with van der Waals surface area (Å²) >= 11 is 0. The van der Waals surface area contributed by atoms with Crippen LogP contribution in [0.5, 0.6) is 0 Å². The van der Waals surface area contributed by atoms with Crippen molar-refractivity contribution in [1.29, 1.82) is 0 Å². The van der Waals surface area contributed by atoms with Crippen molar-refractivity contribution >= 4 is 17.7 Å². The normalized spacial score (nSPS) is 12.7. The van der Waals surface area contributed by atoms with Crippen LogP contribution in [0.1, 0.15) is 31.7 Å². The molecule has 1 aromatic rings. The van der Waals surface area contributed by atoms with Gasteiger partial charge in [0.2, 0.25) is 17.7 Å². The summed E-state index contributed by atoms with van der Waals surface area (Å²) in [6.07, 6.45) is 3.52. The number of allylic oxidation sites excluding steroid dienone is 1. The van der Waals surface area contributed by atoms with E-state index in [1.54, 1.807) is 12.1 Å². The first-order valence-electron chi connectivity index (χ1n) is 8.05. The van der Waals surface area contributed by atoms with E-state index in [-0.39, 0.29) is 6.42 Å². The summed E-state index contributed by atoms with van der Waals surface area (Å²) in [5.74, 6) is -2.02. The van der Waals surface area contributed by atoms with Gasteiger partial charge in [0.05, 0.1) is 0 Å². The minimum atomic E-state index is -0.930. The van der Waals surface area contributed by atoms with Crippen LogP contribution in [0.3, 0.4) is 0 Å². The van der Waals surface area contributed by atoms with E-state index in [9.17, 15) is 18.8 Å². The highest BCUT2D eigenvalue weighted by Crippen LogP contribution is 2.08. The van der Waals surface area contributed by atoms with Crippen LogP contribution in [0, 0.1) is 5.82 Å². The Morgan fingerprint density at radius 2 is 2.00 bits per heavy atom. The number of unbranched alkanes of at least 4 members (excludes halogenated alkanes) is 1. The van der Waals surface area contributed by atoms with Crippen LogP contribution in [0.15, 0.2) is 36.9 Å². The molecule has 0 radical (unpaired) electrons. The molecule has 0 saturated heterocycles. The van der Waals surface area contributed by atoms with Gasteiger partial charge >= 0.3 is 0 Å². The second kappa shape index (κ2) is 10.2. The molecule has 0 saturated carbocycles. The van der Waals surface area contributed by atoms with Crippen LogP contribution in [-0.2, 0) is 20.8 Å². The summed E-state index contributed by atoms with van der Waals surface area (Å²) in [7, 11) is 0. The highest BCUT2D eigenvalue weighted by molar-refractivity contribution is 5.91. The zero-order valence-corrected chi connectivity index (χ0v) is 14.3. The van der Waals surface area contributed by atoms with Gasteiger partial charge in [-0.3, -0.25) is 14.4 Å². The van der Waals surface area contributed by atoms with Gasteiger partial charge in [0.25, 0.3) is 0 Å². The third-order valence-electron chi connectivity index (χ3n) is 3.58. The largest absolute Gasteiger partial charge is 0.368 e. The zero-order chi connectivity index (χ0) is 18.8. The smallest absolute Gasteiger partial charge is 0.243 e. The van der Waals surface area contributed by atoms with E-state index in [4.69, 9.17) is 5.73 Å². The van der Waals surface area contributed by atoms with E-state index in [1.165, 1.54) is 25.1 Å². The van der Waals surface area contributed by atoms with Gasteiger partial charge in [-0.1, -0.05) is 18.2 Å². The van der Waals surface area contributed by atoms with Crippen molar-refractivity contribution in [3.8, 4) is 0 Å². The van der Waals surface area contributed by atoms with Gasteiger partial charge in [0.15, 0.2) is 0 Å². The first-order chi connectivity index (χ1) is 11.8. The van der Waals surface area contributed by atoms with Gasteiger partial charge in [-0.25, -0.2) is 4.39 Å². The van der Waals surface area contributed by atoms with Crippen LogP contribution in [0.2, 0.25) is 0 Å². The van der Waals surface area contributed by atoms with Crippen molar-refractivity contribution in [2.24, 2.45) is 5.73 Å². The predicted molar refractivity (Wildman–Crippen MR) is 92.9 cm³/mol. The molecule has 1 aromatic carbocycles. The number of rotatable bonds is 10. The summed E-state index contributed by atoms with van der Waals surface area (Å²) in [5, 5.41) is 5.08.